The van der Waals surface area contributed by atoms with Gasteiger partial charge < -0.3 is 28.5 Å². The van der Waals surface area contributed by atoms with Gasteiger partial charge in [0.05, 0.1) is 34.4 Å². The van der Waals surface area contributed by atoms with Gasteiger partial charge in [-0.3, -0.25) is 9.59 Å². The van der Waals surface area contributed by atoms with E-state index in [0.717, 1.165) is 83.5 Å². The minimum Gasteiger partial charge on any atom is -0.477 e. The smallest absolute Gasteiger partial charge is 0.361 e. The zero-order chi connectivity index (χ0) is 58.3. The summed E-state index contributed by atoms with van der Waals surface area (Å²) in [6.45, 7) is 4.78. The van der Waals surface area contributed by atoms with Crippen LogP contribution in [-0.4, -0.2) is 87.4 Å². The van der Waals surface area contributed by atoms with Gasteiger partial charge in [0.15, 0.2) is 6.10 Å². The number of likely N-dealkylation sites (N-methyl/N-ethyl adjacent to an activating group) is 1. The fourth-order valence-corrected chi connectivity index (χ4v) is 9.57. The molecule has 0 saturated heterocycles. The van der Waals surface area contributed by atoms with E-state index in [0.29, 0.717) is 17.4 Å². The van der Waals surface area contributed by atoms with Gasteiger partial charge in [0, 0.05) is 12.8 Å². The van der Waals surface area contributed by atoms with E-state index >= 15 is 0 Å². The summed E-state index contributed by atoms with van der Waals surface area (Å²) in [7, 11) is 5.98. The maximum Gasteiger partial charge on any atom is 0.361 e. The highest BCUT2D eigenvalue weighted by molar-refractivity contribution is 5.71. The van der Waals surface area contributed by atoms with E-state index in [4.69, 9.17) is 18.9 Å². The van der Waals surface area contributed by atoms with Crippen LogP contribution in [0.25, 0.3) is 0 Å². The number of carboxylic acid groups (broad SMARTS) is 1. The lowest BCUT2D eigenvalue weighted by atomic mass is 10.0. The Kier molecular flexibility index (Phi) is 59.3. The van der Waals surface area contributed by atoms with Gasteiger partial charge >= 0.3 is 17.9 Å². The Morgan fingerprint density at radius 3 is 1.07 bits per heavy atom. The Morgan fingerprint density at radius 2 is 0.713 bits per heavy atom. The van der Waals surface area contributed by atoms with Gasteiger partial charge in [-0.15, -0.1) is 0 Å². The standard InChI is InChI=1S/C71H127NO8/c1-6-8-10-12-14-16-18-20-22-24-25-26-27-28-29-30-31-32-33-34-35-36-37-38-39-40-41-42-43-44-45-46-48-50-52-54-56-58-60-62-69(74)80-67(66-79-71(70(75)76)77-64-63-72(3,4)5)65-78-68(73)61-59-57-55-53-51-49-47-23-21-19-17-15-13-11-9-7-2/h8,10,14,16,20,22-23,25-26,28-29,47,67,71H,6-7,9,11-13,15,17-19,21,24,27,30-46,48-66H2,1-5H3/p+1/b10-8-,16-14-,22-20-,26-25-,29-28-,47-23-. The molecule has 0 saturated carbocycles. The molecule has 80 heavy (non-hydrogen) atoms. The quantitative estimate of drug-likeness (QED) is 0.0211. The molecule has 0 spiro atoms. The van der Waals surface area contributed by atoms with Crippen LogP contribution in [0.2, 0.25) is 0 Å². The number of carbonyl (C=O) groups is 3. The van der Waals surface area contributed by atoms with Crippen molar-refractivity contribution < 1.29 is 42.9 Å². The molecule has 9 nitrogen and oxygen atoms in total. The van der Waals surface area contributed by atoms with Gasteiger partial charge in [-0.05, 0) is 83.5 Å². The number of quaternary nitrogens is 1. The van der Waals surface area contributed by atoms with Crippen molar-refractivity contribution in [3.8, 4) is 0 Å². The summed E-state index contributed by atoms with van der Waals surface area (Å²) in [6.07, 6.45) is 78.8. The van der Waals surface area contributed by atoms with E-state index in [1.165, 1.54) is 193 Å². The van der Waals surface area contributed by atoms with Crippen molar-refractivity contribution in [2.45, 2.75) is 315 Å². The van der Waals surface area contributed by atoms with E-state index in [2.05, 4.69) is 86.8 Å². The molecule has 0 aliphatic carbocycles. The molecular weight excluding hydrogens is 995 g/mol. The zero-order valence-electron chi connectivity index (χ0n) is 53.0. The fourth-order valence-electron chi connectivity index (χ4n) is 9.57. The van der Waals surface area contributed by atoms with E-state index in [9.17, 15) is 19.5 Å². The third-order valence-corrected chi connectivity index (χ3v) is 14.7. The van der Waals surface area contributed by atoms with Crippen LogP contribution >= 0.6 is 0 Å². The second kappa shape index (κ2) is 61.8. The number of allylic oxidation sites excluding steroid dienone is 12. The first-order valence-corrected chi connectivity index (χ1v) is 33.6. The molecule has 0 radical (unpaired) electrons. The van der Waals surface area contributed by atoms with E-state index < -0.39 is 24.3 Å². The lowest BCUT2D eigenvalue weighted by Crippen LogP contribution is -2.40. The first kappa shape index (κ1) is 76.7. The molecule has 0 aromatic carbocycles. The van der Waals surface area contributed by atoms with Crippen LogP contribution in [0.3, 0.4) is 0 Å². The molecule has 0 bridgehead atoms. The average Bonchev–Trinajstić information content (AvgIpc) is 3.43. The molecule has 0 rings (SSSR count). The van der Waals surface area contributed by atoms with Gasteiger partial charge in [-0.1, -0.05) is 279 Å². The molecule has 1 N–H and O–H groups in total. The predicted octanol–water partition coefficient (Wildman–Crippen LogP) is 20.5. The van der Waals surface area contributed by atoms with E-state index in [1.54, 1.807) is 0 Å². The van der Waals surface area contributed by atoms with E-state index in [-0.39, 0.29) is 32.2 Å². The number of hydrogen-bond acceptors (Lipinski definition) is 7. The summed E-state index contributed by atoms with van der Waals surface area (Å²) in [4.78, 5) is 37.5. The lowest BCUT2D eigenvalue weighted by Gasteiger charge is -2.25. The largest absolute Gasteiger partial charge is 0.477 e. The molecule has 0 heterocycles. The SMILES string of the molecule is CC/C=C\C/C=C\C/C=C\C/C=C\C/C=C\CCCCCCCCCCCCCCCCCCCCCCCCCC(=O)OC(COC(=O)CCCCCCC/C=C\CCCCCCCCC)COC(OCC[N+](C)(C)C)C(=O)O. The van der Waals surface area contributed by atoms with Gasteiger partial charge in [-0.25, -0.2) is 4.79 Å². The normalized spacial score (nSPS) is 13.2. The Bertz CT molecular complexity index is 1540. The number of nitrogens with zero attached hydrogens (tertiary/aromatic N) is 1. The summed E-state index contributed by atoms with van der Waals surface area (Å²) in [5, 5.41) is 9.72. The number of rotatable bonds is 62. The number of hydrogen-bond donors (Lipinski definition) is 1. The number of aliphatic carboxylic acids is 1. The van der Waals surface area contributed by atoms with Gasteiger partial charge in [0.1, 0.15) is 13.2 Å². The van der Waals surface area contributed by atoms with Crippen molar-refractivity contribution in [3.63, 3.8) is 0 Å². The minimum absolute atomic E-state index is 0.184. The molecular formula is C71H128NO8+. The molecule has 9 heteroatoms. The summed E-state index contributed by atoms with van der Waals surface area (Å²) >= 11 is 0. The second-order valence-corrected chi connectivity index (χ2v) is 23.7. The third-order valence-electron chi connectivity index (χ3n) is 14.7. The van der Waals surface area contributed by atoms with Crippen molar-refractivity contribution in [3.05, 3.63) is 72.9 Å². The Hall–Kier alpha value is -3.27. The Morgan fingerprint density at radius 1 is 0.388 bits per heavy atom. The summed E-state index contributed by atoms with van der Waals surface area (Å²) < 4.78 is 22.9. The average molecular weight is 1120 g/mol. The highest BCUT2D eigenvalue weighted by Gasteiger charge is 2.25. The number of esters is 2. The third kappa shape index (κ3) is 62.3. The Balaban J connectivity index is 3.99. The lowest BCUT2D eigenvalue weighted by molar-refractivity contribution is -0.870. The molecule has 0 fully saturated rings. The first-order valence-electron chi connectivity index (χ1n) is 33.6. The molecule has 464 valence electrons. The molecule has 0 aliphatic rings. The fraction of sp³-hybridized carbons (Fsp3) is 0.789. The predicted molar refractivity (Wildman–Crippen MR) is 341 cm³/mol. The maximum absolute atomic E-state index is 12.9. The van der Waals surface area contributed by atoms with Crippen LogP contribution < -0.4 is 0 Å². The van der Waals surface area contributed by atoms with Crippen molar-refractivity contribution >= 4 is 17.9 Å². The zero-order valence-corrected chi connectivity index (χ0v) is 53.0. The van der Waals surface area contributed by atoms with Crippen LogP contribution in [0.4, 0.5) is 0 Å². The van der Waals surface area contributed by atoms with Gasteiger partial charge in [-0.2, -0.15) is 0 Å². The van der Waals surface area contributed by atoms with Crippen molar-refractivity contribution in [2.75, 3.05) is 47.5 Å². The number of carboxylic acids is 1. The van der Waals surface area contributed by atoms with Crippen LogP contribution in [0.1, 0.15) is 303 Å². The topological polar surface area (TPSA) is 108 Å². The number of unbranched alkanes of at least 4 members (excludes halogenated alkanes) is 35. The maximum atomic E-state index is 12.9. The van der Waals surface area contributed by atoms with Gasteiger partial charge in [0.2, 0.25) is 0 Å². The second-order valence-electron chi connectivity index (χ2n) is 23.7. The van der Waals surface area contributed by atoms with Crippen LogP contribution in [-0.2, 0) is 33.3 Å². The summed E-state index contributed by atoms with van der Waals surface area (Å²) in [6, 6.07) is 0. The van der Waals surface area contributed by atoms with Crippen molar-refractivity contribution in [1.82, 2.24) is 0 Å². The molecule has 0 amide bonds. The summed E-state index contributed by atoms with van der Waals surface area (Å²) in [5.74, 6) is -2.00. The molecule has 2 atom stereocenters. The summed E-state index contributed by atoms with van der Waals surface area (Å²) in [5.41, 5.74) is 0. The monoisotopic (exact) mass is 1120 g/mol. The highest BCUT2D eigenvalue weighted by atomic mass is 16.7. The van der Waals surface area contributed by atoms with Crippen LogP contribution in [0.15, 0.2) is 72.9 Å². The highest BCUT2D eigenvalue weighted by Crippen LogP contribution is 2.18. The van der Waals surface area contributed by atoms with Gasteiger partial charge in [0.25, 0.3) is 6.29 Å². The van der Waals surface area contributed by atoms with Crippen molar-refractivity contribution in [2.24, 2.45) is 0 Å². The van der Waals surface area contributed by atoms with Crippen molar-refractivity contribution in [1.29, 1.82) is 0 Å². The number of carbonyl (C=O) groups excluding carboxylic acids is 2. The molecule has 0 aromatic rings. The molecule has 0 aliphatic heterocycles. The molecule has 2 unspecified atom stereocenters. The van der Waals surface area contributed by atoms with Crippen LogP contribution in [0.5, 0.6) is 0 Å². The van der Waals surface area contributed by atoms with Crippen LogP contribution in [0, 0.1) is 0 Å². The minimum atomic E-state index is -1.51. The molecule has 0 aromatic heterocycles. The van der Waals surface area contributed by atoms with E-state index in [1.807, 2.05) is 21.1 Å². The number of ether oxygens (including phenoxy) is 4. The first-order chi connectivity index (χ1) is 39.1. The Labute approximate surface area is 494 Å².